The molecule has 1 aromatic carbocycles. The number of hydrogen-bond donors (Lipinski definition) is 1. The number of rotatable bonds is 7. The Kier molecular flexibility index (Phi) is 7.70. The van der Waals surface area contributed by atoms with E-state index in [1.165, 1.54) is 24.9 Å². The highest BCUT2D eigenvalue weighted by Crippen LogP contribution is 2.29. The van der Waals surface area contributed by atoms with E-state index in [0.29, 0.717) is 0 Å². The fourth-order valence-corrected chi connectivity index (χ4v) is 3.47. The molecule has 1 saturated heterocycles. The molecule has 9 heteroatoms. The van der Waals surface area contributed by atoms with Gasteiger partial charge in [0.1, 0.15) is 4.32 Å². The van der Waals surface area contributed by atoms with Gasteiger partial charge in [0.15, 0.2) is 11.5 Å². The molecule has 1 amide bonds. The van der Waals surface area contributed by atoms with Crippen molar-refractivity contribution < 1.29 is 23.0 Å². The van der Waals surface area contributed by atoms with E-state index < -0.39 is 6.61 Å². The van der Waals surface area contributed by atoms with Crippen LogP contribution in [-0.4, -0.2) is 47.7 Å². The van der Waals surface area contributed by atoms with Gasteiger partial charge in [0, 0.05) is 19.6 Å². The minimum absolute atomic E-state index is 0.0425. The molecule has 0 spiro atoms. The first-order chi connectivity index (χ1) is 12.0. The van der Waals surface area contributed by atoms with Gasteiger partial charge in [-0.05, 0) is 30.5 Å². The molecule has 1 fully saturated rings. The lowest BCUT2D eigenvalue weighted by Gasteiger charge is -2.17. The van der Waals surface area contributed by atoms with Gasteiger partial charge in [-0.15, -0.1) is 0 Å². The number of thioether (sulfide) groups is 1. The van der Waals surface area contributed by atoms with E-state index in [-0.39, 0.29) is 29.7 Å². The van der Waals surface area contributed by atoms with Crippen molar-refractivity contribution in [1.29, 1.82) is 0 Å². The summed E-state index contributed by atoms with van der Waals surface area (Å²) in [6.07, 6.45) is 2.28. The molecule has 0 aromatic heterocycles. The third-order valence-electron chi connectivity index (χ3n) is 3.62. The topological polar surface area (TPSA) is 50.8 Å². The Morgan fingerprint density at radius 1 is 1.36 bits per heavy atom. The van der Waals surface area contributed by atoms with Crippen LogP contribution in [0.25, 0.3) is 0 Å². The summed E-state index contributed by atoms with van der Waals surface area (Å²) in [5, 5.41) is 2.77. The predicted octanol–water partition coefficient (Wildman–Crippen LogP) is 3.03. The maximum absolute atomic E-state index is 12.3. The van der Waals surface area contributed by atoms with E-state index >= 15 is 0 Å². The van der Waals surface area contributed by atoms with Crippen LogP contribution in [0, 0.1) is 0 Å². The number of benzene rings is 1. The molecule has 2 rings (SSSR count). The third kappa shape index (κ3) is 6.32. The van der Waals surface area contributed by atoms with E-state index in [1.807, 2.05) is 0 Å². The summed E-state index contributed by atoms with van der Waals surface area (Å²) < 4.78 is 34.8. The van der Waals surface area contributed by atoms with Gasteiger partial charge in [-0.3, -0.25) is 4.79 Å². The number of likely N-dealkylation sites (tertiary alicyclic amines) is 1. The molecule has 1 aliphatic heterocycles. The molecule has 0 radical (unpaired) electrons. The molecule has 0 saturated carbocycles. The Morgan fingerprint density at radius 3 is 2.72 bits per heavy atom. The Balaban J connectivity index is 1.79. The third-order valence-corrected chi connectivity index (χ3v) is 5.15. The van der Waals surface area contributed by atoms with Crippen molar-refractivity contribution in [1.82, 2.24) is 10.2 Å². The Morgan fingerprint density at radius 2 is 2.08 bits per heavy atom. The van der Waals surface area contributed by atoms with Gasteiger partial charge in [-0.2, -0.15) is 8.78 Å². The second-order valence-corrected chi connectivity index (χ2v) is 7.00. The van der Waals surface area contributed by atoms with Crippen LogP contribution in [0.5, 0.6) is 11.5 Å². The van der Waals surface area contributed by atoms with Crippen LogP contribution in [0.15, 0.2) is 18.2 Å². The summed E-state index contributed by atoms with van der Waals surface area (Å²) in [7, 11) is 1.37. The minimum Gasteiger partial charge on any atom is -0.493 e. The molecular weight excluding hydrogens is 370 g/mol. The van der Waals surface area contributed by atoms with Crippen molar-refractivity contribution in [2.24, 2.45) is 0 Å². The highest BCUT2D eigenvalue weighted by molar-refractivity contribution is 8.23. The zero-order chi connectivity index (χ0) is 18.2. The number of carbonyl (C=O) groups is 1. The van der Waals surface area contributed by atoms with E-state index in [4.69, 9.17) is 17.0 Å². The Hall–Kier alpha value is -1.61. The van der Waals surface area contributed by atoms with Crippen molar-refractivity contribution >= 4 is 34.2 Å². The number of thiocarbonyl (C=S) groups is 1. The van der Waals surface area contributed by atoms with E-state index in [9.17, 15) is 13.6 Å². The minimum atomic E-state index is -2.92. The molecular formula is C16H20F2N2O3S2. The van der Waals surface area contributed by atoms with Crippen molar-refractivity contribution in [2.45, 2.75) is 26.0 Å². The lowest BCUT2D eigenvalue weighted by molar-refractivity contribution is -0.118. The molecule has 138 valence electrons. The number of carbonyl (C=O) groups excluding carboxylic acids is 1. The van der Waals surface area contributed by atoms with Crippen LogP contribution in [0.3, 0.4) is 0 Å². The monoisotopic (exact) mass is 390 g/mol. The van der Waals surface area contributed by atoms with Gasteiger partial charge < -0.3 is 19.7 Å². The first kappa shape index (κ1) is 19.7. The molecule has 0 bridgehead atoms. The zero-order valence-electron chi connectivity index (χ0n) is 13.8. The summed E-state index contributed by atoms with van der Waals surface area (Å²) in [6.45, 7) is -0.738. The molecule has 0 unspecified atom stereocenters. The molecule has 0 aliphatic carbocycles. The fourth-order valence-electron chi connectivity index (χ4n) is 2.39. The summed E-state index contributed by atoms with van der Waals surface area (Å²) in [6, 6.07) is 4.55. The molecule has 25 heavy (non-hydrogen) atoms. The van der Waals surface area contributed by atoms with Gasteiger partial charge in [-0.25, -0.2) is 0 Å². The van der Waals surface area contributed by atoms with Crippen LogP contribution in [0.4, 0.5) is 8.78 Å². The van der Waals surface area contributed by atoms with Crippen molar-refractivity contribution in [3.8, 4) is 11.5 Å². The Bertz CT molecular complexity index is 611. The highest BCUT2D eigenvalue weighted by atomic mass is 32.2. The number of nitrogens with zero attached hydrogens (tertiary/aromatic N) is 1. The van der Waals surface area contributed by atoms with Gasteiger partial charge in [0.2, 0.25) is 5.91 Å². The number of methoxy groups -OCH3 is 1. The van der Waals surface area contributed by atoms with E-state index in [1.54, 1.807) is 12.1 Å². The normalized spacial score (nSPS) is 13.8. The van der Waals surface area contributed by atoms with Crippen LogP contribution < -0.4 is 14.8 Å². The summed E-state index contributed by atoms with van der Waals surface area (Å²) in [4.78, 5) is 14.0. The second-order valence-electron chi connectivity index (χ2n) is 5.39. The molecule has 1 heterocycles. The average molecular weight is 390 g/mol. The van der Waals surface area contributed by atoms with Crippen LogP contribution in [-0.2, 0) is 11.3 Å². The highest BCUT2D eigenvalue weighted by Gasteiger charge is 2.16. The first-order valence-corrected chi connectivity index (χ1v) is 9.19. The second kappa shape index (κ2) is 9.76. The SMILES string of the molecule is COc1cc(CNC(=O)CSC(=S)N2CCCC2)ccc1OC(F)F. The summed E-state index contributed by atoms with van der Waals surface area (Å²) >= 11 is 6.66. The molecule has 1 aliphatic rings. The van der Waals surface area contributed by atoms with Crippen molar-refractivity contribution in [2.75, 3.05) is 26.0 Å². The lowest BCUT2D eigenvalue weighted by atomic mass is 10.2. The maximum atomic E-state index is 12.3. The summed E-state index contributed by atoms with van der Waals surface area (Å²) in [5.41, 5.74) is 0.721. The zero-order valence-corrected chi connectivity index (χ0v) is 15.4. The number of halogens is 2. The van der Waals surface area contributed by atoms with E-state index in [0.717, 1.165) is 35.8 Å². The van der Waals surface area contributed by atoms with Gasteiger partial charge in [-0.1, -0.05) is 30.0 Å². The quantitative estimate of drug-likeness (QED) is 0.723. The Labute approximate surface area is 155 Å². The average Bonchev–Trinajstić information content (AvgIpc) is 3.13. The largest absolute Gasteiger partial charge is 0.493 e. The van der Waals surface area contributed by atoms with Gasteiger partial charge in [0.25, 0.3) is 0 Å². The van der Waals surface area contributed by atoms with Crippen LogP contribution in [0.2, 0.25) is 0 Å². The number of nitrogens with one attached hydrogen (secondary N) is 1. The van der Waals surface area contributed by atoms with Crippen LogP contribution in [0.1, 0.15) is 18.4 Å². The predicted molar refractivity (Wildman–Crippen MR) is 97.3 cm³/mol. The molecule has 0 atom stereocenters. The maximum Gasteiger partial charge on any atom is 0.387 e. The lowest BCUT2D eigenvalue weighted by Crippen LogP contribution is -2.28. The van der Waals surface area contributed by atoms with Gasteiger partial charge >= 0.3 is 6.61 Å². The standard InChI is InChI=1S/C16H20F2N2O3S2/c1-22-13-8-11(4-5-12(13)23-15(17)18)9-19-14(21)10-25-16(24)20-6-2-3-7-20/h4-5,8,15H,2-3,6-7,9-10H2,1H3,(H,19,21). The van der Waals surface area contributed by atoms with Crippen molar-refractivity contribution in [3.05, 3.63) is 23.8 Å². The number of amides is 1. The van der Waals surface area contributed by atoms with Crippen LogP contribution >= 0.6 is 24.0 Å². The smallest absolute Gasteiger partial charge is 0.387 e. The number of alkyl halides is 2. The fraction of sp³-hybridized carbons (Fsp3) is 0.500. The number of ether oxygens (including phenoxy) is 2. The van der Waals surface area contributed by atoms with E-state index in [2.05, 4.69) is 15.0 Å². The molecule has 5 nitrogen and oxygen atoms in total. The first-order valence-electron chi connectivity index (χ1n) is 7.79. The van der Waals surface area contributed by atoms with Crippen molar-refractivity contribution in [3.63, 3.8) is 0 Å². The van der Waals surface area contributed by atoms with Gasteiger partial charge in [0.05, 0.1) is 12.9 Å². The summed E-state index contributed by atoms with van der Waals surface area (Å²) in [5.74, 6) is 0.258. The molecule has 1 N–H and O–H groups in total. The molecule has 1 aromatic rings. The number of hydrogen-bond acceptors (Lipinski definition) is 5.